The highest BCUT2D eigenvalue weighted by molar-refractivity contribution is 7.07. The lowest BCUT2D eigenvalue weighted by Gasteiger charge is -2.25. The Balaban J connectivity index is 1.64. The van der Waals surface area contributed by atoms with E-state index in [1.807, 2.05) is 13.8 Å². The van der Waals surface area contributed by atoms with Gasteiger partial charge in [0.05, 0.1) is 46.0 Å². The zero-order chi connectivity index (χ0) is 32.4. The van der Waals surface area contributed by atoms with Gasteiger partial charge in [-0.3, -0.25) is 24.3 Å². The Morgan fingerprint density at radius 1 is 1.16 bits per heavy atom. The zero-order valence-corrected chi connectivity index (χ0v) is 25.9. The van der Waals surface area contributed by atoms with Crippen LogP contribution in [0.5, 0.6) is 11.5 Å². The minimum absolute atomic E-state index is 0.0769. The van der Waals surface area contributed by atoms with Crippen LogP contribution in [0.1, 0.15) is 45.1 Å². The first-order valence-corrected chi connectivity index (χ1v) is 14.7. The minimum Gasteiger partial charge on any atom is -0.493 e. The highest BCUT2D eigenvalue weighted by Gasteiger charge is 2.34. The number of hydrogen-bond donors (Lipinski definition) is 0. The number of rotatable bonds is 9. The van der Waals surface area contributed by atoms with Gasteiger partial charge in [0.2, 0.25) is 0 Å². The van der Waals surface area contributed by atoms with E-state index >= 15 is 0 Å². The third-order valence-corrected chi connectivity index (χ3v) is 7.80. The first-order chi connectivity index (χ1) is 21.5. The van der Waals surface area contributed by atoms with Crippen LogP contribution in [0.25, 0.3) is 17.4 Å². The molecule has 1 atom stereocenters. The predicted octanol–water partition coefficient (Wildman–Crippen LogP) is 4.54. The summed E-state index contributed by atoms with van der Waals surface area (Å²) < 4.78 is 23.9. The van der Waals surface area contributed by atoms with Crippen molar-refractivity contribution in [3.8, 4) is 22.8 Å². The van der Waals surface area contributed by atoms with E-state index < -0.39 is 28.5 Å². The summed E-state index contributed by atoms with van der Waals surface area (Å²) in [6, 6.07) is 13.2. The molecule has 1 aliphatic heterocycles. The fraction of sp³-hybridized carbons (Fsp3) is 0.250. The second-order valence-electron chi connectivity index (χ2n) is 10.6. The van der Waals surface area contributed by atoms with Gasteiger partial charge in [0.1, 0.15) is 11.5 Å². The van der Waals surface area contributed by atoms with Gasteiger partial charge in [0, 0.05) is 19.1 Å². The number of carbonyl (C=O) groups is 2. The molecule has 5 rings (SSSR count). The van der Waals surface area contributed by atoms with Gasteiger partial charge in [-0.05, 0) is 48.7 Å². The molecule has 0 saturated carbocycles. The molecule has 0 saturated heterocycles. The maximum Gasteiger partial charge on any atom is 0.338 e. The lowest BCUT2D eigenvalue weighted by molar-refractivity contribution is -0.384. The minimum atomic E-state index is -0.942. The molecule has 45 heavy (non-hydrogen) atoms. The number of fused-ring (bicyclic) bond motifs is 1. The van der Waals surface area contributed by atoms with E-state index in [9.17, 15) is 24.5 Å². The van der Waals surface area contributed by atoms with Gasteiger partial charge >= 0.3 is 11.9 Å². The van der Waals surface area contributed by atoms with E-state index in [0.717, 1.165) is 11.3 Å². The van der Waals surface area contributed by atoms with Gasteiger partial charge in [-0.15, -0.1) is 0 Å². The van der Waals surface area contributed by atoms with Crippen LogP contribution in [0.15, 0.2) is 80.1 Å². The molecule has 12 nitrogen and oxygen atoms in total. The Morgan fingerprint density at radius 2 is 1.91 bits per heavy atom. The summed E-state index contributed by atoms with van der Waals surface area (Å²) in [5, 5.41) is 11.5. The molecule has 0 bridgehead atoms. The molecule has 0 amide bonds. The van der Waals surface area contributed by atoms with Crippen LogP contribution < -0.4 is 24.4 Å². The lowest BCUT2D eigenvalue weighted by Crippen LogP contribution is -2.40. The molecule has 2 aromatic carbocycles. The first-order valence-electron chi connectivity index (χ1n) is 13.9. The van der Waals surface area contributed by atoms with Crippen molar-refractivity contribution in [3.63, 3.8) is 0 Å². The Kier molecular flexibility index (Phi) is 8.82. The molecular weight excluding hydrogens is 602 g/mol. The molecule has 3 heterocycles. The molecular formula is C32H29N3O9S. The molecule has 4 aromatic rings. The number of nitro benzene ring substituents is 1. The van der Waals surface area contributed by atoms with Crippen LogP contribution in [0.4, 0.5) is 5.69 Å². The van der Waals surface area contributed by atoms with Crippen molar-refractivity contribution in [2.45, 2.75) is 33.7 Å². The lowest BCUT2D eigenvalue weighted by atomic mass is 9.95. The fourth-order valence-corrected chi connectivity index (χ4v) is 5.88. The van der Waals surface area contributed by atoms with E-state index in [0.29, 0.717) is 27.4 Å². The highest BCUT2D eigenvalue weighted by atomic mass is 32.1. The van der Waals surface area contributed by atoms with Gasteiger partial charge in [-0.1, -0.05) is 43.4 Å². The van der Waals surface area contributed by atoms with Crippen LogP contribution >= 0.6 is 11.3 Å². The number of thiazole rings is 1. The van der Waals surface area contributed by atoms with Crippen molar-refractivity contribution in [1.82, 2.24) is 4.57 Å². The second kappa shape index (κ2) is 12.7. The third kappa shape index (κ3) is 6.34. The molecule has 0 spiro atoms. The van der Waals surface area contributed by atoms with Crippen molar-refractivity contribution in [1.29, 1.82) is 0 Å². The third-order valence-electron chi connectivity index (χ3n) is 6.81. The Hall–Kier alpha value is -5.30. The van der Waals surface area contributed by atoms with Gasteiger partial charge < -0.3 is 18.6 Å². The van der Waals surface area contributed by atoms with Crippen molar-refractivity contribution < 1.29 is 33.1 Å². The van der Waals surface area contributed by atoms with Crippen LogP contribution in [0, 0.1) is 16.0 Å². The molecule has 0 fully saturated rings. The number of aromatic nitrogens is 1. The number of para-hydroxylation sites is 1. The SMILES string of the molecule is COc1cc(C2C(C(=O)OCC(C)C)=C(C)N=c3s/c(=C/c4ccc(-c5ccccc5[N+](=O)[O-])o4)c(=O)n32)ccc1OC(C)=O. The number of nitro groups is 1. The van der Waals surface area contributed by atoms with E-state index in [-0.39, 0.29) is 45.6 Å². The Morgan fingerprint density at radius 3 is 2.60 bits per heavy atom. The predicted molar refractivity (Wildman–Crippen MR) is 165 cm³/mol. The van der Waals surface area contributed by atoms with Crippen LogP contribution in [-0.4, -0.2) is 35.1 Å². The topological polar surface area (TPSA) is 152 Å². The normalized spacial score (nSPS) is 14.6. The van der Waals surface area contributed by atoms with Gasteiger partial charge in [0.25, 0.3) is 11.2 Å². The van der Waals surface area contributed by atoms with E-state index in [4.69, 9.17) is 18.6 Å². The van der Waals surface area contributed by atoms with Crippen molar-refractivity contribution in [3.05, 3.63) is 107 Å². The molecule has 0 N–H and O–H groups in total. The summed E-state index contributed by atoms with van der Waals surface area (Å²) in [7, 11) is 1.41. The fourth-order valence-electron chi connectivity index (χ4n) is 4.86. The molecule has 232 valence electrons. The zero-order valence-electron chi connectivity index (χ0n) is 25.1. The van der Waals surface area contributed by atoms with E-state index in [2.05, 4.69) is 4.99 Å². The average molecular weight is 632 g/mol. The number of allylic oxidation sites excluding steroid dienone is 1. The number of methoxy groups -OCH3 is 1. The maximum absolute atomic E-state index is 14.0. The van der Waals surface area contributed by atoms with Crippen LogP contribution in [-0.2, 0) is 14.3 Å². The molecule has 1 aliphatic rings. The number of nitrogens with zero attached hydrogens (tertiary/aromatic N) is 3. The van der Waals surface area contributed by atoms with E-state index in [1.54, 1.807) is 49.4 Å². The van der Waals surface area contributed by atoms with Crippen molar-refractivity contribution in [2.75, 3.05) is 13.7 Å². The van der Waals surface area contributed by atoms with Gasteiger partial charge in [0.15, 0.2) is 16.3 Å². The largest absolute Gasteiger partial charge is 0.493 e. The van der Waals surface area contributed by atoms with Gasteiger partial charge in [-0.2, -0.15) is 0 Å². The molecule has 0 aliphatic carbocycles. The number of ether oxygens (including phenoxy) is 3. The van der Waals surface area contributed by atoms with Crippen LogP contribution in [0.3, 0.4) is 0 Å². The number of carbonyl (C=O) groups excluding carboxylic acids is 2. The smallest absolute Gasteiger partial charge is 0.338 e. The standard InChI is InChI=1S/C32H29N3O9S/c1-17(2)16-42-31(38)28-18(3)33-32-34(29(28)20-10-12-25(43-19(4)36)26(14-20)41-5)30(37)27(45-32)15-21-11-13-24(44-21)22-8-6-7-9-23(22)35(39)40/h6-15,17,29H,16H2,1-5H3/b27-15+. The molecule has 2 aromatic heterocycles. The van der Waals surface area contributed by atoms with E-state index in [1.165, 1.54) is 36.8 Å². The summed E-state index contributed by atoms with van der Waals surface area (Å²) in [6.07, 6.45) is 1.53. The van der Waals surface area contributed by atoms with Crippen LogP contribution in [0.2, 0.25) is 0 Å². The number of esters is 2. The number of hydrogen-bond acceptors (Lipinski definition) is 11. The Bertz CT molecular complexity index is 2030. The average Bonchev–Trinajstić information content (AvgIpc) is 3.59. The second-order valence-corrected chi connectivity index (χ2v) is 11.6. The maximum atomic E-state index is 14.0. The monoisotopic (exact) mass is 631 g/mol. The van der Waals surface area contributed by atoms with Gasteiger partial charge in [-0.25, -0.2) is 9.79 Å². The molecule has 13 heteroatoms. The molecule has 0 radical (unpaired) electrons. The summed E-state index contributed by atoms with van der Waals surface area (Å²) in [5.41, 5.74) is 0.792. The summed E-state index contributed by atoms with van der Waals surface area (Å²) >= 11 is 1.10. The summed E-state index contributed by atoms with van der Waals surface area (Å²) in [4.78, 5) is 55.1. The summed E-state index contributed by atoms with van der Waals surface area (Å²) in [5.74, 6) is -0.105. The summed E-state index contributed by atoms with van der Waals surface area (Å²) in [6.45, 7) is 6.93. The highest BCUT2D eigenvalue weighted by Crippen LogP contribution is 2.36. The van der Waals surface area contributed by atoms with Crippen molar-refractivity contribution >= 4 is 35.0 Å². The first kappa shape index (κ1) is 31.1. The number of benzene rings is 2. The Labute approximate surface area is 260 Å². The quantitative estimate of drug-likeness (QED) is 0.112. The van der Waals surface area contributed by atoms with Crippen molar-refractivity contribution in [2.24, 2.45) is 10.9 Å². The number of furan rings is 1. The molecule has 1 unspecified atom stereocenters.